The van der Waals surface area contributed by atoms with E-state index in [1.54, 1.807) is 0 Å². The van der Waals surface area contributed by atoms with E-state index in [1.807, 2.05) is 30.1 Å². The molecule has 0 amide bonds. The van der Waals surface area contributed by atoms with Crippen molar-refractivity contribution in [3.05, 3.63) is 47.2 Å². The monoisotopic (exact) mass is 287 g/mol. The second-order valence-corrected chi connectivity index (χ2v) is 6.25. The summed E-state index contributed by atoms with van der Waals surface area (Å²) in [5.74, 6) is 0. The Balaban J connectivity index is 1.48. The molecule has 1 fully saturated rings. The zero-order valence-corrected chi connectivity index (χ0v) is 12.5. The van der Waals surface area contributed by atoms with Gasteiger partial charge < -0.3 is 4.57 Å². The molecule has 1 atom stereocenters. The van der Waals surface area contributed by atoms with Crippen LogP contribution in [0.1, 0.15) is 24.1 Å². The van der Waals surface area contributed by atoms with Crippen molar-refractivity contribution in [2.75, 3.05) is 13.1 Å². The van der Waals surface area contributed by atoms with E-state index in [-0.39, 0.29) is 0 Å². The van der Waals surface area contributed by atoms with Gasteiger partial charge in [-0.3, -0.25) is 4.90 Å². The highest BCUT2D eigenvalue weighted by Crippen LogP contribution is 2.20. The van der Waals surface area contributed by atoms with E-state index in [2.05, 4.69) is 44.1 Å². The molecule has 3 rings (SSSR count). The van der Waals surface area contributed by atoms with E-state index < -0.39 is 0 Å². The molecule has 4 heteroatoms. The van der Waals surface area contributed by atoms with Crippen LogP contribution in [0.4, 0.5) is 0 Å². The Labute approximate surface area is 124 Å². The molecule has 0 N–H and O–H groups in total. The van der Waals surface area contributed by atoms with E-state index in [0.717, 1.165) is 6.54 Å². The summed E-state index contributed by atoms with van der Waals surface area (Å²) in [6.07, 6.45) is 14.3. The molecule has 0 radical (unpaired) electrons. The average molecular weight is 287 g/mol. The molecule has 1 aliphatic heterocycles. The van der Waals surface area contributed by atoms with Crippen LogP contribution in [0.3, 0.4) is 0 Å². The van der Waals surface area contributed by atoms with Crippen molar-refractivity contribution in [3.63, 3.8) is 0 Å². The summed E-state index contributed by atoms with van der Waals surface area (Å²) in [7, 11) is 0. The third-order valence-electron chi connectivity index (χ3n) is 3.86. The summed E-state index contributed by atoms with van der Waals surface area (Å²) in [5.41, 5.74) is 0. The maximum Gasteiger partial charge on any atom is 0.0945 e. The molecule has 0 saturated carbocycles. The van der Waals surface area contributed by atoms with E-state index in [9.17, 15) is 0 Å². The normalized spacial score (nSPS) is 20.1. The molecule has 2 aromatic rings. The molecule has 1 saturated heterocycles. The average Bonchev–Trinajstić information content (AvgIpc) is 3.20. The Morgan fingerprint density at radius 1 is 1.40 bits per heavy atom. The largest absolute Gasteiger partial charge is 0.337 e. The van der Waals surface area contributed by atoms with Crippen LogP contribution in [-0.2, 0) is 6.54 Å². The van der Waals surface area contributed by atoms with E-state index >= 15 is 0 Å². The van der Waals surface area contributed by atoms with Gasteiger partial charge in [0, 0.05) is 36.4 Å². The number of rotatable bonds is 6. The molecule has 0 spiro atoms. The van der Waals surface area contributed by atoms with E-state index in [1.165, 1.54) is 37.2 Å². The van der Waals surface area contributed by atoms with Crippen molar-refractivity contribution in [3.8, 4) is 0 Å². The fourth-order valence-corrected chi connectivity index (χ4v) is 3.44. The highest BCUT2D eigenvalue weighted by molar-refractivity contribution is 7.10. The fraction of sp³-hybridized carbons (Fsp3) is 0.438. The first-order chi connectivity index (χ1) is 9.92. The first kappa shape index (κ1) is 13.6. The van der Waals surface area contributed by atoms with Crippen molar-refractivity contribution in [2.24, 2.45) is 0 Å². The van der Waals surface area contributed by atoms with Crippen molar-refractivity contribution in [1.82, 2.24) is 14.5 Å². The number of imidazole rings is 1. The molecule has 106 valence electrons. The molecule has 0 bridgehead atoms. The minimum atomic E-state index is 0.625. The minimum Gasteiger partial charge on any atom is -0.337 e. The van der Waals surface area contributed by atoms with Gasteiger partial charge in [-0.1, -0.05) is 12.1 Å². The quantitative estimate of drug-likeness (QED) is 0.810. The lowest BCUT2D eigenvalue weighted by Crippen LogP contribution is -2.29. The number of likely N-dealkylation sites (tertiary alicyclic amines) is 1. The lowest BCUT2D eigenvalue weighted by Gasteiger charge is -2.21. The van der Waals surface area contributed by atoms with E-state index in [0.29, 0.717) is 6.04 Å². The molecule has 0 aromatic carbocycles. The Bertz CT molecular complexity index is 516. The number of nitrogens with zero attached hydrogens (tertiary/aromatic N) is 3. The summed E-state index contributed by atoms with van der Waals surface area (Å²) in [6, 6.07) is 4.92. The fourth-order valence-electron chi connectivity index (χ4n) is 2.81. The predicted molar refractivity (Wildman–Crippen MR) is 84.8 cm³/mol. The molecular weight excluding hydrogens is 266 g/mol. The van der Waals surface area contributed by atoms with Crippen molar-refractivity contribution < 1.29 is 0 Å². The topological polar surface area (TPSA) is 21.1 Å². The molecule has 1 unspecified atom stereocenters. The van der Waals surface area contributed by atoms with Crippen LogP contribution in [0.2, 0.25) is 0 Å². The Hall–Kier alpha value is -1.39. The van der Waals surface area contributed by atoms with Crippen LogP contribution in [0, 0.1) is 0 Å². The third kappa shape index (κ3) is 3.58. The van der Waals surface area contributed by atoms with Crippen LogP contribution in [0.5, 0.6) is 0 Å². The Morgan fingerprint density at radius 3 is 3.20 bits per heavy atom. The second-order valence-electron chi connectivity index (χ2n) is 5.27. The van der Waals surface area contributed by atoms with Gasteiger partial charge in [0.1, 0.15) is 0 Å². The van der Waals surface area contributed by atoms with Gasteiger partial charge in [-0.05, 0) is 43.3 Å². The molecule has 0 aliphatic carbocycles. The molecule has 3 heterocycles. The zero-order valence-electron chi connectivity index (χ0n) is 11.7. The van der Waals surface area contributed by atoms with Gasteiger partial charge in [0.05, 0.1) is 6.33 Å². The highest BCUT2D eigenvalue weighted by Gasteiger charge is 2.21. The van der Waals surface area contributed by atoms with Gasteiger partial charge in [-0.15, -0.1) is 11.3 Å². The van der Waals surface area contributed by atoms with Crippen molar-refractivity contribution >= 4 is 17.4 Å². The third-order valence-corrected chi connectivity index (χ3v) is 4.70. The smallest absolute Gasteiger partial charge is 0.0945 e. The van der Waals surface area contributed by atoms with Gasteiger partial charge in [0.2, 0.25) is 0 Å². The number of hydrogen-bond acceptors (Lipinski definition) is 3. The summed E-state index contributed by atoms with van der Waals surface area (Å²) in [4.78, 5) is 8.05. The summed E-state index contributed by atoms with van der Waals surface area (Å²) < 4.78 is 2.16. The molecule has 1 aliphatic rings. The standard InChI is InChI=1S/C16H21N3S/c1-4-15(6-7-16-5-2-13-20-16)19(10-1)11-3-9-18-12-8-17-14-18/h2,5-8,12-15H,1,3-4,9-11H2/b7-6+. The summed E-state index contributed by atoms with van der Waals surface area (Å²) in [6.45, 7) is 3.48. The maximum absolute atomic E-state index is 4.08. The molecule has 3 nitrogen and oxygen atoms in total. The van der Waals surface area contributed by atoms with Crippen LogP contribution in [-0.4, -0.2) is 33.6 Å². The first-order valence-corrected chi connectivity index (χ1v) is 8.21. The van der Waals surface area contributed by atoms with Crippen LogP contribution < -0.4 is 0 Å². The van der Waals surface area contributed by atoms with E-state index in [4.69, 9.17) is 0 Å². The summed E-state index contributed by atoms with van der Waals surface area (Å²) in [5, 5.41) is 2.14. The Kier molecular flexibility index (Phi) is 4.66. The predicted octanol–water partition coefficient (Wildman–Crippen LogP) is 3.51. The maximum atomic E-state index is 4.08. The highest BCUT2D eigenvalue weighted by atomic mass is 32.1. The van der Waals surface area contributed by atoms with Gasteiger partial charge in [0.15, 0.2) is 0 Å². The first-order valence-electron chi connectivity index (χ1n) is 7.33. The van der Waals surface area contributed by atoms with Crippen LogP contribution in [0.15, 0.2) is 42.3 Å². The molecule has 2 aromatic heterocycles. The molecule has 20 heavy (non-hydrogen) atoms. The SMILES string of the molecule is C(=C\C1CCCN1CCCn1ccnc1)/c1cccs1. The van der Waals surface area contributed by atoms with Crippen LogP contribution >= 0.6 is 11.3 Å². The number of aryl methyl sites for hydroxylation is 1. The second kappa shape index (κ2) is 6.86. The summed E-state index contributed by atoms with van der Waals surface area (Å²) >= 11 is 1.81. The minimum absolute atomic E-state index is 0.625. The molecular formula is C16H21N3S. The lowest BCUT2D eigenvalue weighted by molar-refractivity contribution is 0.280. The van der Waals surface area contributed by atoms with Gasteiger partial charge in [-0.2, -0.15) is 0 Å². The number of aromatic nitrogens is 2. The Morgan fingerprint density at radius 2 is 2.40 bits per heavy atom. The van der Waals surface area contributed by atoms with Gasteiger partial charge in [-0.25, -0.2) is 4.98 Å². The van der Waals surface area contributed by atoms with Gasteiger partial charge >= 0.3 is 0 Å². The van der Waals surface area contributed by atoms with Crippen molar-refractivity contribution in [1.29, 1.82) is 0 Å². The zero-order chi connectivity index (χ0) is 13.6. The number of thiophene rings is 1. The number of hydrogen-bond donors (Lipinski definition) is 0. The lowest BCUT2D eigenvalue weighted by atomic mass is 10.2. The van der Waals surface area contributed by atoms with Gasteiger partial charge in [0.25, 0.3) is 0 Å². The van der Waals surface area contributed by atoms with Crippen molar-refractivity contribution in [2.45, 2.75) is 31.8 Å². The van der Waals surface area contributed by atoms with Crippen LogP contribution in [0.25, 0.3) is 6.08 Å².